The minimum Gasteiger partial charge on any atom is -0.384 e. The molecule has 1 saturated heterocycles. The Bertz CT molecular complexity index is 516. The average molecular weight is 232 g/mol. The molecule has 2 N–H and O–H groups in total. The van der Waals surface area contributed by atoms with Crippen molar-refractivity contribution in [2.75, 3.05) is 18.9 Å². The molecule has 1 aliphatic rings. The van der Waals surface area contributed by atoms with E-state index in [0.29, 0.717) is 11.7 Å². The Morgan fingerprint density at radius 2 is 2.24 bits per heavy atom. The molecular weight excluding hydrogens is 216 g/mol. The van der Waals surface area contributed by atoms with Gasteiger partial charge in [-0.1, -0.05) is 0 Å². The van der Waals surface area contributed by atoms with E-state index in [1.54, 1.807) is 16.8 Å². The fourth-order valence-electron chi connectivity index (χ4n) is 2.36. The maximum atomic E-state index is 5.84. The predicted octanol–water partition coefficient (Wildman–Crippen LogP) is 1.28. The summed E-state index contributed by atoms with van der Waals surface area (Å²) in [6, 6.07) is 1.76. The van der Waals surface area contributed by atoms with Crippen molar-refractivity contribution in [1.29, 1.82) is 0 Å². The second-order valence-corrected chi connectivity index (χ2v) is 4.53. The molecule has 17 heavy (non-hydrogen) atoms. The lowest BCUT2D eigenvalue weighted by molar-refractivity contribution is 0.0666. The maximum absolute atomic E-state index is 5.84. The molecule has 5 nitrogen and oxygen atoms in total. The molecule has 3 rings (SSSR count). The van der Waals surface area contributed by atoms with Gasteiger partial charge in [0.05, 0.1) is 6.20 Å². The number of anilines is 1. The van der Waals surface area contributed by atoms with Crippen LogP contribution in [0.4, 0.5) is 5.82 Å². The van der Waals surface area contributed by atoms with E-state index in [9.17, 15) is 0 Å². The summed E-state index contributed by atoms with van der Waals surface area (Å²) in [5, 5.41) is 4.28. The van der Waals surface area contributed by atoms with Gasteiger partial charge in [-0.15, -0.1) is 0 Å². The first-order chi connectivity index (χ1) is 8.34. The third-order valence-electron chi connectivity index (χ3n) is 3.35. The number of rotatable bonds is 2. The maximum Gasteiger partial charge on any atom is 0.160 e. The molecule has 2 aromatic heterocycles. The summed E-state index contributed by atoms with van der Waals surface area (Å²) >= 11 is 0. The van der Waals surface area contributed by atoms with Gasteiger partial charge >= 0.3 is 0 Å². The highest BCUT2D eigenvalue weighted by molar-refractivity contribution is 5.51. The molecule has 0 atom stereocenters. The number of hydrogen-bond donors (Lipinski definition) is 1. The van der Waals surface area contributed by atoms with Crippen LogP contribution in [0.3, 0.4) is 0 Å². The smallest absolute Gasteiger partial charge is 0.160 e. The molecule has 0 radical (unpaired) electrons. The van der Waals surface area contributed by atoms with Gasteiger partial charge in [0.1, 0.15) is 5.82 Å². The average Bonchev–Trinajstić information content (AvgIpc) is 2.76. The number of ether oxygens (including phenoxy) is 1. The van der Waals surface area contributed by atoms with Gasteiger partial charge in [0.15, 0.2) is 5.65 Å². The molecule has 0 spiro atoms. The summed E-state index contributed by atoms with van der Waals surface area (Å²) in [6.45, 7) is 1.75. The third-order valence-corrected chi connectivity index (χ3v) is 3.35. The minimum atomic E-state index is 0.633. The standard InChI is InChI=1S/C12H16N4O/c13-11-1-4-14-12-10(8-15-16(11)12)7-9-2-5-17-6-3-9/h1,4,8-9H,2-3,5-7,13H2. The summed E-state index contributed by atoms with van der Waals surface area (Å²) < 4.78 is 7.07. The SMILES string of the molecule is Nc1ccnc2c(CC3CCOCC3)cnn12. The Morgan fingerprint density at radius 3 is 3.06 bits per heavy atom. The van der Waals surface area contributed by atoms with E-state index in [4.69, 9.17) is 10.5 Å². The highest BCUT2D eigenvalue weighted by Gasteiger charge is 2.17. The molecule has 0 unspecified atom stereocenters. The predicted molar refractivity (Wildman–Crippen MR) is 64.6 cm³/mol. The van der Waals surface area contributed by atoms with Gasteiger partial charge in [-0.2, -0.15) is 9.61 Å². The van der Waals surface area contributed by atoms with Crippen molar-refractivity contribution < 1.29 is 4.74 Å². The van der Waals surface area contributed by atoms with Gasteiger partial charge in [-0.25, -0.2) is 4.98 Å². The van der Waals surface area contributed by atoms with Crippen LogP contribution >= 0.6 is 0 Å². The molecule has 1 aliphatic heterocycles. The molecule has 3 heterocycles. The van der Waals surface area contributed by atoms with Crippen LogP contribution < -0.4 is 5.73 Å². The minimum absolute atomic E-state index is 0.633. The van der Waals surface area contributed by atoms with Crippen LogP contribution in [0.15, 0.2) is 18.5 Å². The van der Waals surface area contributed by atoms with E-state index in [1.807, 2.05) is 6.20 Å². The zero-order chi connectivity index (χ0) is 11.7. The first-order valence-electron chi connectivity index (χ1n) is 5.99. The van der Waals surface area contributed by atoms with Crippen molar-refractivity contribution >= 4 is 11.5 Å². The Labute approximate surface area is 99.6 Å². The fraction of sp³-hybridized carbons (Fsp3) is 0.500. The van der Waals surface area contributed by atoms with E-state index < -0.39 is 0 Å². The third kappa shape index (κ3) is 1.98. The fourth-order valence-corrected chi connectivity index (χ4v) is 2.36. The Hall–Kier alpha value is -1.62. The van der Waals surface area contributed by atoms with Crippen molar-refractivity contribution in [3.63, 3.8) is 0 Å². The van der Waals surface area contributed by atoms with Crippen LogP contribution in [-0.2, 0) is 11.2 Å². The topological polar surface area (TPSA) is 65.4 Å². The quantitative estimate of drug-likeness (QED) is 0.847. The highest BCUT2D eigenvalue weighted by atomic mass is 16.5. The van der Waals surface area contributed by atoms with Crippen LogP contribution in [0, 0.1) is 5.92 Å². The van der Waals surface area contributed by atoms with Crippen LogP contribution in [-0.4, -0.2) is 27.8 Å². The van der Waals surface area contributed by atoms with Crippen LogP contribution in [0.1, 0.15) is 18.4 Å². The van der Waals surface area contributed by atoms with Crippen LogP contribution in [0.25, 0.3) is 5.65 Å². The molecular formula is C12H16N4O. The molecule has 5 heteroatoms. The van der Waals surface area contributed by atoms with Crippen molar-refractivity contribution in [2.24, 2.45) is 5.92 Å². The molecule has 1 fully saturated rings. The number of nitrogens with zero attached hydrogens (tertiary/aromatic N) is 3. The van der Waals surface area contributed by atoms with Crippen molar-refractivity contribution in [1.82, 2.24) is 14.6 Å². The zero-order valence-electron chi connectivity index (χ0n) is 9.67. The Kier molecular flexibility index (Phi) is 2.68. The van der Waals surface area contributed by atoms with E-state index in [2.05, 4.69) is 10.1 Å². The molecule has 90 valence electrons. The van der Waals surface area contributed by atoms with Crippen molar-refractivity contribution in [3.05, 3.63) is 24.0 Å². The number of hydrogen-bond acceptors (Lipinski definition) is 4. The van der Waals surface area contributed by atoms with Gasteiger partial charge in [0.25, 0.3) is 0 Å². The first kappa shape index (κ1) is 10.5. The molecule has 0 aromatic carbocycles. The molecule has 0 amide bonds. The summed E-state index contributed by atoms with van der Waals surface area (Å²) in [4.78, 5) is 4.36. The lowest BCUT2D eigenvalue weighted by atomic mass is 9.93. The van der Waals surface area contributed by atoms with Gasteiger partial charge in [-0.3, -0.25) is 0 Å². The van der Waals surface area contributed by atoms with Gasteiger partial charge < -0.3 is 10.5 Å². The zero-order valence-corrected chi connectivity index (χ0v) is 9.67. The second-order valence-electron chi connectivity index (χ2n) is 4.53. The Balaban J connectivity index is 1.87. The largest absolute Gasteiger partial charge is 0.384 e. The van der Waals surface area contributed by atoms with Crippen LogP contribution in [0.5, 0.6) is 0 Å². The van der Waals surface area contributed by atoms with Gasteiger partial charge in [0, 0.05) is 25.0 Å². The molecule has 0 bridgehead atoms. The Morgan fingerprint density at radius 1 is 1.41 bits per heavy atom. The van der Waals surface area contributed by atoms with Crippen molar-refractivity contribution in [2.45, 2.75) is 19.3 Å². The number of nitrogen functional groups attached to an aromatic ring is 1. The van der Waals surface area contributed by atoms with Gasteiger partial charge in [0.2, 0.25) is 0 Å². The molecule has 2 aromatic rings. The van der Waals surface area contributed by atoms with E-state index in [0.717, 1.165) is 38.1 Å². The summed E-state index contributed by atoms with van der Waals surface area (Å²) in [5.74, 6) is 1.31. The number of fused-ring (bicyclic) bond motifs is 1. The highest BCUT2D eigenvalue weighted by Crippen LogP contribution is 2.22. The lowest BCUT2D eigenvalue weighted by Gasteiger charge is -2.21. The normalized spacial score (nSPS) is 17.6. The first-order valence-corrected chi connectivity index (χ1v) is 5.99. The van der Waals surface area contributed by atoms with E-state index >= 15 is 0 Å². The monoisotopic (exact) mass is 232 g/mol. The number of nitrogens with two attached hydrogens (primary N) is 1. The van der Waals surface area contributed by atoms with E-state index in [1.165, 1.54) is 5.56 Å². The van der Waals surface area contributed by atoms with Gasteiger partial charge in [-0.05, 0) is 31.2 Å². The molecule has 0 saturated carbocycles. The summed E-state index contributed by atoms with van der Waals surface area (Å²) in [6.07, 6.45) is 6.89. The number of aromatic nitrogens is 3. The van der Waals surface area contributed by atoms with Crippen LogP contribution in [0.2, 0.25) is 0 Å². The lowest BCUT2D eigenvalue weighted by Crippen LogP contribution is -2.17. The van der Waals surface area contributed by atoms with Crippen molar-refractivity contribution in [3.8, 4) is 0 Å². The second kappa shape index (κ2) is 4.33. The summed E-state index contributed by atoms with van der Waals surface area (Å²) in [5.41, 5.74) is 7.91. The summed E-state index contributed by atoms with van der Waals surface area (Å²) in [7, 11) is 0. The van der Waals surface area contributed by atoms with E-state index in [-0.39, 0.29) is 0 Å². The molecule has 0 aliphatic carbocycles.